The minimum absolute atomic E-state index is 0.213. The summed E-state index contributed by atoms with van der Waals surface area (Å²) in [6.45, 7) is 3.61. The summed E-state index contributed by atoms with van der Waals surface area (Å²) >= 11 is 0. The average Bonchev–Trinajstić information content (AvgIpc) is 2.91. The van der Waals surface area contributed by atoms with Gasteiger partial charge in [0, 0.05) is 12.8 Å². The first-order chi connectivity index (χ1) is 19.3. The molecule has 0 amide bonds. The smallest absolute Gasteiger partial charge is 0.462 e. The predicted molar refractivity (Wildman–Crippen MR) is 161 cm³/mol. The van der Waals surface area contributed by atoms with Gasteiger partial charge in [-0.3, -0.25) is 14.1 Å². The molecule has 0 heterocycles. The summed E-state index contributed by atoms with van der Waals surface area (Å²) < 4.78 is 26.1. The van der Waals surface area contributed by atoms with Gasteiger partial charge in [-0.25, -0.2) is 4.57 Å². The van der Waals surface area contributed by atoms with Crippen LogP contribution in [0.15, 0.2) is 12.2 Å². The minimum atomic E-state index is -4.73. The molecule has 0 aliphatic carbocycles. The first-order valence-corrected chi connectivity index (χ1v) is 17.5. The third kappa shape index (κ3) is 29.8. The van der Waals surface area contributed by atoms with Gasteiger partial charge in [0.05, 0.1) is 6.61 Å². The number of hydrogen-bond acceptors (Lipinski definition) is 6. The Labute approximate surface area is 244 Å². The van der Waals surface area contributed by atoms with Crippen molar-refractivity contribution >= 4 is 19.8 Å². The predicted octanol–water partition coefficient (Wildman–Crippen LogP) is 8.73. The van der Waals surface area contributed by atoms with E-state index in [1.54, 1.807) is 0 Å². The second-order valence-corrected chi connectivity index (χ2v) is 12.0. The van der Waals surface area contributed by atoms with Crippen LogP contribution >= 0.6 is 7.82 Å². The van der Waals surface area contributed by atoms with Crippen molar-refractivity contribution in [3.8, 4) is 0 Å². The Balaban J connectivity index is 4.03. The molecule has 236 valence electrons. The number of rotatable bonds is 29. The van der Waals surface area contributed by atoms with Gasteiger partial charge in [-0.05, 0) is 38.5 Å². The van der Waals surface area contributed by atoms with Crippen LogP contribution in [0.2, 0.25) is 0 Å². The molecular formula is C31H59O8P. The van der Waals surface area contributed by atoms with Gasteiger partial charge in [0.2, 0.25) is 0 Å². The van der Waals surface area contributed by atoms with Crippen LogP contribution in [0.4, 0.5) is 0 Å². The monoisotopic (exact) mass is 590 g/mol. The van der Waals surface area contributed by atoms with E-state index < -0.39 is 32.5 Å². The van der Waals surface area contributed by atoms with E-state index >= 15 is 0 Å². The summed E-state index contributed by atoms with van der Waals surface area (Å²) in [5.74, 6) is -0.896. The number of carbonyl (C=O) groups is 2. The van der Waals surface area contributed by atoms with Gasteiger partial charge in [-0.2, -0.15) is 0 Å². The van der Waals surface area contributed by atoms with Crippen LogP contribution in [0.5, 0.6) is 0 Å². The maximum atomic E-state index is 12.2. The lowest BCUT2D eigenvalue weighted by molar-refractivity contribution is -0.161. The molecule has 0 aliphatic rings. The molecule has 0 aliphatic heterocycles. The van der Waals surface area contributed by atoms with Crippen molar-refractivity contribution in [2.24, 2.45) is 0 Å². The molecule has 0 aromatic heterocycles. The van der Waals surface area contributed by atoms with Crippen LogP contribution < -0.4 is 0 Å². The number of hydrogen-bond donors (Lipinski definition) is 2. The Morgan fingerprint density at radius 3 is 1.55 bits per heavy atom. The lowest BCUT2D eigenvalue weighted by atomic mass is 10.1. The van der Waals surface area contributed by atoms with Crippen molar-refractivity contribution < 1.29 is 37.9 Å². The zero-order valence-electron chi connectivity index (χ0n) is 25.5. The standard InChI is InChI=1S/C31H59O8P/c1-3-5-7-9-11-13-14-15-16-18-19-21-23-25-30(32)37-27-29(28-38-40(34,35)36)39-31(33)26-24-22-20-17-12-10-8-6-4-2/h13-14,29H,3-12,15-28H2,1-2H3,(H2,34,35,36)/b14-13-/t29-/m1/s1. The molecule has 2 N–H and O–H groups in total. The van der Waals surface area contributed by atoms with Crippen molar-refractivity contribution in [3.63, 3.8) is 0 Å². The third-order valence-corrected chi connectivity index (χ3v) is 7.27. The molecule has 0 unspecified atom stereocenters. The number of unbranched alkanes of at least 4 members (excludes halogenated alkanes) is 17. The van der Waals surface area contributed by atoms with Crippen molar-refractivity contribution in [1.29, 1.82) is 0 Å². The highest BCUT2D eigenvalue weighted by molar-refractivity contribution is 7.46. The van der Waals surface area contributed by atoms with Crippen molar-refractivity contribution in [2.45, 2.75) is 161 Å². The lowest BCUT2D eigenvalue weighted by Gasteiger charge is -2.18. The second kappa shape index (κ2) is 27.9. The zero-order valence-corrected chi connectivity index (χ0v) is 26.4. The van der Waals surface area contributed by atoms with Crippen molar-refractivity contribution in [3.05, 3.63) is 12.2 Å². The molecule has 1 atom stereocenters. The highest BCUT2D eigenvalue weighted by atomic mass is 31.2. The fourth-order valence-electron chi connectivity index (χ4n) is 4.37. The fraction of sp³-hybridized carbons (Fsp3) is 0.871. The number of carbonyl (C=O) groups excluding carboxylic acids is 2. The summed E-state index contributed by atoms with van der Waals surface area (Å²) in [6, 6.07) is 0. The summed E-state index contributed by atoms with van der Waals surface area (Å²) in [5, 5.41) is 0. The Hall–Kier alpha value is -1.21. The first-order valence-electron chi connectivity index (χ1n) is 16.0. The van der Waals surface area contributed by atoms with Crippen LogP contribution in [-0.4, -0.2) is 41.0 Å². The maximum Gasteiger partial charge on any atom is 0.469 e. The molecule has 0 aromatic carbocycles. The van der Waals surface area contributed by atoms with Crippen LogP contribution in [0.3, 0.4) is 0 Å². The largest absolute Gasteiger partial charge is 0.469 e. The zero-order chi connectivity index (χ0) is 29.7. The van der Waals surface area contributed by atoms with Crippen molar-refractivity contribution in [2.75, 3.05) is 13.2 Å². The van der Waals surface area contributed by atoms with E-state index in [9.17, 15) is 14.2 Å². The number of esters is 2. The van der Waals surface area contributed by atoms with E-state index in [4.69, 9.17) is 19.3 Å². The van der Waals surface area contributed by atoms with E-state index in [2.05, 4.69) is 30.5 Å². The van der Waals surface area contributed by atoms with Gasteiger partial charge in [-0.1, -0.05) is 116 Å². The molecule has 0 bridgehead atoms. The normalized spacial score (nSPS) is 12.6. The molecule has 0 saturated heterocycles. The quantitative estimate of drug-likeness (QED) is 0.0384. The molecule has 0 radical (unpaired) electrons. The van der Waals surface area contributed by atoms with Gasteiger partial charge < -0.3 is 19.3 Å². The molecule has 8 nitrogen and oxygen atoms in total. The van der Waals surface area contributed by atoms with E-state index in [0.717, 1.165) is 51.4 Å². The molecule has 40 heavy (non-hydrogen) atoms. The number of allylic oxidation sites excluding steroid dienone is 2. The summed E-state index contributed by atoms with van der Waals surface area (Å²) in [4.78, 5) is 42.3. The molecule has 0 fully saturated rings. The molecule has 0 saturated carbocycles. The summed E-state index contributed by atoms with van der Waals surface area (Å²) in [7, 11) is -4.73. The summed E-state index contributed by atoms with van der Waals surface area (Å²) in [6.07, 6.45) is 26.6. The Morgan fingerprint density at radius 2 is 1.05 bits per heavy atom. The van der Waals surface area contributed by atoms with Crippen molar-refractivity contribution in [1.82, 2.24) is 0 Å². The number of phosphoric acid groups is 1. The molecule has 0 rings (SSSR count). The van der Waals surface area contributed by atoms with Gasteiger partial charge in [0.25, 0.3) is 0 Å². The van der Waals surface area contributed by atoms with Gasteiger partial charge in [0.15, 0.2) is 6.10 Å². The summed E-state index contributed by atoms with van der Waals surface area (Å²) in [5.41, 5.74) is 0. The highest BCUT2D eigenvalue weighted by Crippen LogP contribution is 2.35. The fourth-order valence-corrected chi connectivity index (χ4v) is 4.73. The highest BCUT2D eigenvalue weighted by Gasteiger charge is 2.22. The maximum absolute atomic E-state index is 12.2. The minimum Gasteiger partial charge on any atom is -0.462 e. The molecule has 9 heteroatoms. The third-order valence-electron chi connectivity index (χ3n) is 6.78. The number of ether oxygens (including phenoxy) is 2. The van der Waals surface area contributed by atoms with Crippen LogP contribution in [0.25, 0.3) is 0 Å². The van der Waals surface area contributed by atoms with Crippen LogP contribution in [0.1, 0.15) is 155 Å². The van der Waals surface area contributed by atoms with Gasteiger partial charge >= 0.3 is 19.8 Å². The Morgan fingerprint density at radius 1 is 0.625 bits per heavy atom. The topological polar surface area (TPSA) is 119 Å². The molecule has 0 aromatic rings. The van der Waals surface area contributed by atoms with E-state index in [1.165, 1.54) is 64.2 Å². The van der Waals surface area contributed by atoms with Crippen LogP contribution in [-0.2, 0) is 28.2 Å². The first kappa shape index (κ1) is 38.8. The van der Waals surface area contributed by atoms with E-state index in [0.29, 0.717) is 12.8 Å². The van der Waals surface area contributed by atoms with Crippen LogP contribution in [0, 0.1) is 0 Å². The number of phosphoric ester groups is 1. The Bertz CT molecular complexity index is 676. The van der Waals surface area contributed by atoms with Gasteiger partial charge in [0.1, 0.15) is 6.61 Å². The van der Waals surface area contributed by atoms with E-state index in [-0.39, 0.29) is 19.4 Å². The molecular weight excluding hydrogens is 531 g/mol. The molecule has 0 spiro atoms. The average molecular weight is 591 g/mol. The van der Waals surface area contributed by atoms with E-state index in [1.807, 2.05) is 0 Å². The Kier molecular flexibility index (Phi) is 27.1. The second-order valence-electron chi connectivity index (χ2n) is 10.8. The van der Waals surface area contributed by atoms with Gasteiger partial charge in [-0.15, -0.1) is 0 Å². The lowest BCUT2D eigenvalue weighted by Crippen LogP contribution is -2.29. The SMILES string of the molecule is CCCCCC/C=C\CCCCCCCC(=O)OC[C@H](COP(=O)(O)O)OC(=O)CCCCCCCCCCC.